The lowest BCUT2D eigenvalue weighted by Gasteiger charge is -2.27. The van der Waals surface area contributed by atoms with Gasteiger partial charge in [-0.1, -0.05) is 24.3 Å². The third-order valence-corrected chi connectivity index (χ3v) is 4.14. The van der Waals surface area contributed by atoms with Gasteiger partial charge in [-0.25, -0.2) is 0 Å². The van der Waals surface area contributed by atoms with Crippen LogP contribution in [0, 0.1) is 6.92 Å². The van der Waals surface area contributed by atoms with E-state index in [1.165, 1.54) is 0 Å². The number of amides is 2. The van der Waals surface area contributed by atoms with Crippen molar-refractivity contribution in [2.45, 2.75) is 6.92 Å². The van der Waals surface area contributed by atoms with Crippen LogP contribution in [-0.2, 0) is 9.53 Å². The third-order valence-electron chi connectivity index (χ3n) is 4.14. The second-order valence-corrected chi connectivity index (χ2v) is 6.09. The van der Waals surface area contributed by atoms with Gasteiger partial charge in [0.2, 0.25) is 0 Å². The summed E-state index contributed by atoms with van der Waals surface area (Å²) in [6.07, 6.45) is 0. The van der Waals surface area contributed by atoms with Gasteiger partial charge in [0, 0.05) is 24.3 Å². The standard InChI is InChI=1S/C20H22N2O4/c1-15-5-2-3-8-18(15)26-14-19(23)21-17-7-4-6-16(13-17)20(24)22-9-11-25-12-10-22/h2-8,13H,9-12,14H2,1H3,(H,21,23). The minimum atomic E-state index is -0.274. The Morgan fingerprint density at radius 3 is 2.65 bits per heavy atom. The molecule has 1 saturated heterocycles. The lowest BCUT2D eigenvalue weighted by atomic mass is 10.1. The van der Waals surface area contributed by atoms with Crippen molar-refractivity contribution in [3.05, 3.63) is 59.7 Å². The van der Waals surface area contributed by atoms with Crippen LogP contribution in [0.4, 0.5) is 5.69 Å². The van der Waals surface area contributed by atoms with E-state index in [2.05, 4.69) is 5.32 Å². The molecule has 3 rings (SSSR count). The molecule has 1 fully saturated rings. The van der Waals surface area contributed by atoms with Crippen molar-refractivity contribution in [1.82, 2.24) is 4.90 Å². The Kier molecular flexibility index (Phi) is 5.86. The molecule has 0 radical (unpaired) electrons. The predicted molar refractivity (Wildman–Crippen MR) is 98.5 cm³/mol. The minimum Gasteiger partial charge on any atom is -0.483 e. The summed E-state index contributed by atoms with van der Waals surface area (Å²) in [6.45, 7) is 4.11. The SMILES string of the molecule is Cc1ccccc1OCC(=O)Nc1cccc(C(=O)N2CCOCC2)c1. The van der Waals surface area contributed by atoms with Gasteiger partial charge in [-0.15, -0.1) is 0 Å². The lowest BCUT2D eigenvalue weighted by Crippen LogP contribution is -2.40. The number of rotatable bonds is 5. The maximum absolute atomic E-state index is 12.5. The number of anilines is 1. The fraction of sp³-hybridized carbons (Fsp3) is 0.300. The summed E-state index contributed by atoms with van der Waals surface area (Å²) in [5.41, 5.74) is 2.09. The minimum absolute atomic E-state index is 0.0550. The van der Waals surface area contributed by atoms with Gasteiger partial charge in [0.25, 0.3) is 11.8 Å². The van der Waals surface area contributed by atoms with Crippen LogP contribution in [0.3, 0.4) is 0 Å². The van der Waals surface area contributed by atoms with Crippen molar-refractivity contribution in [2.24, 2.45) is 0 Å². The molecule has 6 heteroatoms. The molecule has 1 N–H and O–H groups in total. The Morgan fingerprint density at radius 2 is 1.88 bits per heavy atom. The van der Waals surface area contributed by atoms with Gasteiger partial charge in [0.15, 0.2) is 6.61 Å². The monoisotopic (exact) mass is 354 g/mol. The van der Waals surface area contributed by atoms with Crippen LogP contribution in [0.5, 0.6) is 5.75 Å². The predicted octanol–water partition coefficient (Wildman–Crippen LogP) is 2.48. The molecule has 0 aromatic heterocycles. The second-order valence-electron chi connectivity index (χ2n) is 6.09. The van der Waals surface area contributed by atoms with E-state index in [1.807, 2.05) is 31.2 Å². The van der Waals surface area contributed by atoms with Crippen LogP contribution in [-0.4, -0.2) is 49.6 Å². The fourth-order valence-corrected chi connectivity index (χ4v) is 2.74. The topological polar surface area (TPSA) is 67.9 Å². The van der Waals surface area contributed by atoms with Crippen LogP contribution in [0.1, 0.15) is 15.9 Å². The van der Waals surface area contributed by atoms with Crippen LogP contribution in [0.2, 0.25) is 0 Å². The summed E-state index contributed by atoms with van der Waals surface area (Å²) in [6, 6.07) is 14.5. The summed E-state index contributed by atoms with van der Waals surface area (Å²) < 4.78 is 10.8. The fourth-order valence-electron chi connectivity index (χ4n) is 2.74. The second kappa shape index (κ2) is 8.49. The average Bonchev–Trinajstić information content (AvgIpc) is 2.68. The smallest absolute Gasteiger partial charge is 0.262 e. The Labute approximate surface area is 152 Å². The van der Waals surface area contributed by atoms with Crippen molar-refractivity contribution >= 4 is 17.5 Å². The first-order chi connectivity index (χ1) is 12.6. The molecular formula is C20H22N2O4. The Morgan fingerprint density at radius 1 is 1.12 bits per heavy atom. The highest BCUT2D eigenvalue weighted by Crippen LogP contribution is 2.17. The van der Waals surface area contributed by atoms with Crippen LogP contribution in [0.25, 0.3) is 0 Å². The summed E-state index contributed by atoms with van der Waals surface area (Å²) in [7, 11) is 0. The summed E-state index contributed by atoms with van der Waals surface area (Å²) in [5.74, 6) is 0.351. The van der Waals surface area contributed by atoms with E-state index in [0.29, 0.717) is 43.3 Å². The molecule has 1 aliphatic heterocycles. The van der Waals surface area contributed by atoms with Gasteiger partial charge >= 0.3 is 0 Å². The van der Waals surface area contributed by atoms with Crippen molar-refractivity contribution < 1.29 is 19.1 Å². The molecule has 0 spiro atoms. The van der Waals surface area contributed by atoms with Gasteiger partial charge in [-0.05, 0) is 36.8 Å². The number of carbonyl (C=O) groups is 2. The quantitative estimate of drug-likeness (QED) is 0.896. The number of nitrogens with one attached hydrogen (secondary N) is 1. The highest BCUT2D eigenvalue weighted by Gasteiger charge is 2.18. The van der Waals surface area contributed by atoms with Crippen LogP contribution < -0.4 is 10.1 Å². The zero-order chi connectivity index (χ0) is 18.4. The molecule has 1 heterocycles. The van der Waals surface area contributed by atoms with E-state index in [1.54, 1.807) is 29.2 Å². The first-order valence-corrected chi connectivity index (χ1v) is 8.59. The molecule has 2 aromatic rings. The molecule has 136 valence electrons. The Balaban J connectivity index is 1.58. The zero-order valence-corrected chi connectivity index (χ0v) is 14.7. The zero-order valence-electron chi connectivity index (χ0n) is 14.7. The molecular weight excluding hydrogens is 332 g/mol. The number of morpholine rings is 1. The molecule has 0 atom stereocenters. The van der Waals surface area contributed by atoms with E-state index in [4.69, 9.17) is 9.47 Å². The number of hydrogen-bond donors (Lipinski definition) is 1. The van der Waals surface area contributed by atoms with Crippen LogP contribution >= 0.6 is 0 Å². The van der Waals surface area contributed by atoms with Gasteiger partial charge in [0.05, 0.1) is 13.2 Å². The molecule has 2 amide bonds. The molecule has 2 aromatic carbocycles. The number of aryl methyl sites for hydroxylation is 1. The molecule has 0 unspecified atom stereocenters. The van der Waals surface area contributed by atoms with Crippen molar-refractivity contribution in [1.29, 1.82) is 0 Å². The van der Waals surface area contributed by atoms with E-state index in [9.17, 15) is 9.59 Å². The van der Waals surface area contributed by atoms with Crippen molar-refractivity contribution in [3.63, 3.8) is 0 Å². The number of nitrogens with zero attached hydrogens (tertiary/aromatic N) is 1. The Hall–Kier alpha value is -2.86. The van der Waals surface area contributed by atoms with Crippen molar-refractivity contribution in [2.75, 3.05) is 38.2 Å². The maximum Gasteiger partial charge on any atom is 0.262 e. The summed E-state index contributed by atoms with van der Waals surface area (Å²) >= 11 is 0. The third kappa shape index (κ3) is 4.61. The number of hydrogen-bond acceptors (Lipinski definition) is 4. The van der Waals surface area contributed by atoms with Crippen molar-refractivity contribution in [3.8, 4) is 5.75 Å². The van der Waals surface area contributed by atoms with E-state index < -0.39 is 0 Å². The summed E-state index contributed by atoms with van der Waals surface area (Å²) in [5, 5.41) is 2.77. The number of carbonyl (C=O) groups excluding carboxylic acids is 2. The first kappa shape index (κ1) is 17.9. The number of benzene rings is 2. The molecule has 26 heavy (non-hydrogen) atoms. The molecule has 1 aliphatic rings. The Bertz CT molecular complexity index is 785. The van der Waals surface area contributed by atoms with E-state index in [0.717, 1.165) is 5.56 Å². The van der Waals surface area contributed by atoms with E-state index in [-0.39, 0.29) is 18.4 Å². The lowest BCUT2D eigenvalue weighted by molar-refractivity contribution is -0.118. The van der Waals surface area contributed by atoms with E-state index >= 15 is 0 Å². The largest absolute Gasteiger partial charge is 0.483 e. The normalized spacial score (nSPS) is 14.0. The van der Waals surface area contributed by atoms with Crippen LogP contribution in [0.15, 0.2) is 48.5 Å². The number of ether oxygens (including phenoxy) is 2. The molecule has 6 nitrogen and oxygen atoms in total. The average molecular weight is 354 g/mol. The van der Waals surface area contributed by atoms with Gasteiger partial charge in [0.1, 0.15) is 5.75 Å². The molecule has 0 bridgehead atoms. The highest BCUT2D eigenvalue weighted by atomic mass is 16.5. The summed E-state index contributed by atoms with van der Waals surface area (Å²) in [4.78, 5) is 26.4. The number of para-hydroxylation sites is 1. The van der Waals surface area contributed by atoms with Gasteiger partial charge in [-0.2, -0.15) is 0 Å². The van der Waals surface area contributed by atoms with Gasteiger partial charge < -0.3 is 19.7 Å². The molecule has 0 saturated carbocycles. The highest BCUT2D eigenvalue weighted by molar-refractivity contribution is 5.97. The van der Waals surface area contributed by atoms with Gasteiger partial charge in [-0.3, -0.25) is 9.59 Å². The molecule has 0 aliphatic carbocycles. The maximum atomic E-state index is 12.5. The first-order valence-electron chi connectivity index (χ1n) is 8.59.